The van der Waals surface area contributed by atoms with E-state index in [2.05, 4.69) is 27.8 Å². The smallest absolute Gasteiger partial charge is 0.191 e. The Bertz CT molecular complexity index is 657. The number of guanidine groups is 1. The molecule has 0 aliphatic heterocycles. The number of hydrogen-bond acceptors (Lipinski definition) is 3. The fourth-order valence-corrected chi connectivity index (χ4v) is 2.29. The Kier molecular flexibility index (Phi) is 6.95. The summed E-state index contributed by atoms with van der Waals surface area (Å²) in [5.74, 6) is 1.68. The Labute approximate surface area is 143 Å². The molecule has 0 aliphatic carbocycles. The Morgan fingerprint density at radius 2 is 1.92 bits per heavy atom. The highest BCUT2D eigenvalue weighted by Crippen LogP contribution is 2.23. The minimum atomic E-state index is 0.252. The predicted octanol–water partition coefficient (Wildman–Crippen LogP) is 2.70. The highest BCUT2D eigenvalue weighted by atomic mass is 16.5. The minimum absolute atomic E-state index is 0.252. The average molecular weight is 327 g/mol. The summed E-state index contributed by atoms with van der Waals surface area (Å²) in [7, 11) is 1.59. The molecule has 2 rings (SSSR count). The highest BCUT2D eigenvalue weighted by Gasteiger charge is 2.04. The van der Waals surface area contributed by atoms with E-state index in [1.165, 1.54) is 5.56 Å². The molecule has 0 saturated heterocycles. The number of hydrogen-bond donors (Lipinski definition) is 3. The van der Waals surface area contributed by atoms with Gasteiger partial charge in [0.05, 0.1) is 13.7 Å². The van der Waals surface area contributed by atoms with Crippen molar-refractivity contribution in [3.8, 4) is 11.5 Å². The predicted molar refractivity (Wildman–Crippen MR) is 97.6 cm³/mol. The van der Waals surface area contributed by atoms with Crippen molar-refractivity contribution < 1.29 is 9.84 Å². The molecule has 5 nitrogen and oxygen atoms in total. The van der Waals surface area contributed by atoms with Crippen molar-refractivity contribution in [3.05, 3.63) is 59.7 Å². The van der Waals surface area contributed by atoms with Crippen molar-refractivity contribution in [2.45, 2.75) is 19.9 Å². The van der Waals surface area contributed by atoms with Crippen LogP contribution in [-0.4, -0.2) is 31.3 Å². The first-order valence-corrected chi connectivity index (χ1v) is 8.15. The Morgan fingerprint density at radius 1 is 1.12 bits per heavy atom. The van der Waals surface area contributed by atoms with Crippen LogP contribution in [0.25, 0.3) is 0 Å². The molecule has 0 atom stereocenters. The highest BCUT2D eigenvalue weighted by molar-refractivity contribution is 5.79. The van der Waals surface area contributed by atoms with E-state index in [0.29, 0.717) is 25.3 Å². The van der Waals surface area contributed by atoms with Gasteiger partial charge in [-0.25, -0.2) is 4.99 Å². The van der Waals surface area contributed by atoms with E-state index in [1.807, 2.05) is 37.3 Å². The van der Waals surface area contributed by atoms with Gasteiger partial charge in [0.15, 0.2) is 5.96 Å². The van der Waals surface area contributed by atoms with Gasteiger partial charge < -0.3 is 20.5 Å². The summed E-state index contributed by atoms with van der Waals surface area (Å²) in [6.07, 6.45) is 0.700. The lowest BCUT2D eigenvalue weighted by Gasteiger charge is -2.12. The molecule has 0 fully saturated rings. The molecule has 0 amide bonds. The Morgan fingerprint density at radius 3 is 2.58 bits per heavy atom. The number of methoxy groups -OCH3 is 1. The molecule has 128 valence electrons. The van der Waals surface area contributed by atoms with E-state index >= 15 is 0 Å². The topological polar surface area (TPSA) is 65.9 Å². The third-order valence-electron chi connectivity index (χ3n) is 3.59. The van der Waals surface area contributed by atoms with Crippen LogP contribution in [0.5, 0.6) is 11.5 Å². The number of aromatic hydroxyl groups is 1. The number of nitrogens with zero attached hydrogens (tertiary/aromatic N) is 1. The lowest BCUT2D eigenvalue weighted by atomic mass is 10.1. The molecule has 0 bridgehead atoms. The molecule has 2 aromatic rings. The maximum atomic E-state index is 9.99. The first kappa shape index (κ1) is 17.7. The van der Waals surface area contributed by atoms with Gasteiger partial charge in [-0.2, -0.15) is 0 Å². The number of nitrogens with one attached hydrogen (secondary N) is 2. The second-order valence-corrected chi connectivity index (χ2v) is 5.35. The summed E-state index contributed by atoms with van der Waals surface area (Å²) < 4.78 is 5.09. The van der Waals surface area contributed by atoms with Crippen LogP contribution in [-0.2, 0) is 13.0 Å². The summed E-state index contributed by atoms with van der Waals surface area (Å²) >= 11 is 0. The van der Waals surface area contributed by atoms with Crippen molar-refractivity contribution in [2.75, 3.05) is 20.2 Å². The number of benzene rings is 2. The van der Waals surface area contributed by atoms with E-state index < -0.39 is 0 Å². The van der Waals surface area contributed by atoms with Crippen LogP contribution in [0, 0.1) is 0 Å². The zero-order valence-corrected chi connectivity index (χ0v) is 14.2. The summed E-state index contributed by atoms with van der Waals surface area (Å²) in [6, 6.07) is 15.5. The molecular formula is C19H25N3O2. The van der Waals surface area contributed by atoms with E-state index in [-0.39, 0.29) is 5.75 Å². The van der Waals surface area contributed by atoms with E-state index in [1.54, 1.807) is 13.2 Å². The number of phenolic OH excluding ortho intramolecular Hbond substituents is 1. The molecule has 0 heterocycles. The summed E-state index contributed by atoms with van der Waals surface area (Å²) in [5.41, 5.74) is 2.05. The summed E-state index contributed by atoms with van der Waals surface area (Å²) in [6.45, 7) is 4.15. The molecule has 0 saturated carbocycles. The molecule has 5 heteroatoms. The maximum Gasteiger partial charge on any atom is 0.191 e. The van der Waals surface area contributed by atoms with Gasteiger partial charge in [0.2, 0.25) is 0 Å². The fourth-order valence-electron chi connectivity index (χ4n) is 2.29. The molecular weight excluding hydrogens is 302 g/mol. The lowest BCUT2D eigenvalue weighted by Crippen LogP contribution is -2.38. The Balaban J connectivity index is 1.89. The monoisotopic (exact) mass is 327 g/mol. The van der Waals surface area contributed by atoms with E-state index in [0.717, 1.165) is 18.1 Å². The van der Waals surface area contributed by atoms with Gasteiger partial charge in [0.1, 0.15) is 11.5 Å². The van der Waals surface area contributed by atoms with Crippen LogP contribution >= 0.6 is 0 Å². The normalized spacial score (nSPS) is 11.2. The van der Waals surface area contributed by atoms with Gasteiger partial charge in [-0.15, -0.1) is 0 Å². The number of aliphatic imine (C=N–C) groups is 1. The van der Waals surface area contributed by atoms with Crippen molar-refractivity contribution >= 4 is 5.96 Å². The van der Waals surface area contributed by atoms with Gasteiger partial charge in [-0.3, -0.25) is 0 Å². The third kappa shape index (κ3) is 5.50. The van der Waals surface area contributed by atoms with Crippen LogP contribution in [0.15, 0.2) is 53.5 Å². The third-order valence-corrected chi connectivity index (χ3v) is 3.59. The molecule has 3 N–H and O–H groups in total. The number of ether oxygens (including phenoxy) is 1. The van der Waals surface area contributed by atoms with Gasteiger partial charge in [0.25, 0.3) is 0 Å². The molecule has 0 radical (unpaired) electrons. The van der Waals surface area contributed by atoms with Crippen LogP contribution in [0.1, 0.15) is 18.1 Å². The molecule has 24 heavy (non-hydrogen) atoms. The van der Waals surface area contributed by atoms with Crippen LogP contribution in [0.3, 0.4) is 0 Å². The van der Waals surface area contributed by atoms with Gasteiger partial charge >= 0.3 is 0 Å². The zero-order chi connectivity index (χ0) is 17.2. The van der Waals surface area contributed by atoms with E-state index in [9.17, 15) is 5.11 Å². The first-order chi connectivity index (χ1) is 11.7. The van der Waals surface area contributed by atoms with Gasteiger partial charge in [-0.05, 0) is 30.5 Å². The summed E-state index contributed by atoms with van der Waals surface area (Å²) in [5, 5.41) is 16.5. The maximum absolute atomic E-state index is 9.99. The van der Waals surface area contributed by atoms with Gasteiger partial charge in [0, 0.05) is 19.2 Å². The van der Waals surface area contributed by atoms with Crippen molar-refractivity contribution in [3.63, 3.8) is 0 Å². The average Bonchev–Trinajstić information content (AvgIpc) is 2.61. The van der Waals surface area contributed by atoms with Crippen LogP contribution in [0.2, 0.25) is 0 Å². The van der Waals surface area contributed by atoms with Gasteiger partial charge in [-0.1, -0.05) is 36.4 Å². The Hall–Kier alpha value is -2.69. The van der Waals surface area contributed by atoms with Crippen LogP contribution < -0.4 is 15.4 Å². The largest absolute Gasteiger partial charge is 0.508 e. The number of rotatable bonds is 7. The van der Waals surface area contributed by atoms with Crippen molar-refractivity contribution in [2.24, 2.45) is 4.99 Å². The molecule has 0 aliphatic rings. The van der Waals surface area contributed by atoms with Crippen LogP contribution in [0.4, 0.5) is 0 Å². The minimum Gasteiger partial charge on any atom is -0.508 e. The molecule has 0 unspecified atom stereocenters. The molecule has 0 spiro atoms. The van der Waals surface area contributed by atoms with Crippen molar-refractivity contribution in [1.82, 2.24) is 10.6 Å². The second kappa shape index (κ2) is 9.45. The second-order valence-electron chi connectivity index (χ2n) is 5.35. The quantitative estimate of drug-likeness (QED) is 0.540. The molecule has 2 aromatic carbocycles. The fraction of sp³-hybridized carbons (Fsp3) is 0.316. The zero-order valence-electron chi connectivity index (χ0n) is 14.2. The standard InChI is InChI=1S/C19H25N3O2/c1-3-20-19(22-14-15-7-5-4-6-8-15)21-12-11-16-9-10-17(24-2)13-18(16)23/h4-10,13,23H,3,11-12,14H2,1-2H3,(H2,20,21,22). The number of phenols is 1. The molecule has 0 aromatic heterocycles. The van der Waals surface area contributed by atoms with E-state index in [4.69, 9.17) is 4.74 Å². The first-order valence-electron chi connectivity index (χ1n) is 8.15. The SMILES string of the molecule is CCNC(=NCc1ccccc1)NCCc1ccc(OC)cc1O. The van der Waals surface area contributed by atoms with Crippen molar-refractivity contribution in [1.29, 1.82) is 0 Å². The summed E-state index contributed by atoms with van der Waals surface area (Å²) in [4.78, 5) is 4.58. The lowest BCUT2D eigenvalue weighted by molar-refractivity contribution is 0.406.